The Hall–Kier alpha value is -3.23. The predicted molar refractivity (Wildman–Crippen MR) is 121 cm³/mol. The molecule has 0 bridgehead atoms. The van der Waals surface area contributed by atoms with Crippen LogP contribution >= 0.6 is 7.82 Å². The summed E-state index contributed by atoms with van der Waals surface area (Å²) in [5.41, 5.74) is 2.77. The number of fused-ring (bicyclic) bond motifs is 1. The maximum atomic E-state index is 13.9. The molecule has 4 aromatic rings. The highest BCUT2D eigenvalue weighted by atomic mass is 31.2. The van der Waals surface area contributed by atoms with Crippen LogP contribution in [-0.2, 0) is 4.57 Å². The zero-order valence-corrected chi connectivity index (χ0v) is 18.1. The number of phosphoric acid groups is 1. The molecule has 0 saturated heterocycles. The van der Waals surface area contributed by atoms with Crippen LogP contribution in [0.15, 0.2) is 84.9 Å². The summed E-state index contributed by atoms with van der Waals surface area (Å²) < 4.78 is 31.7. The van der Waals surface area contributed by atoms with E-state index in [1.165, 1.54) is 0 Å². The summed E-state index contributed by atoms with van der Waals surface area (Å²) in [6, 6.07) is 26.3. The molecule has 152 valence electrons. The Kier molecular flexibility index (Phi) is 5.52. The van der Waals surface area contributed by atoms with Crippen molar-refractivity contribution in [1.82, 2.24) is 0 Å². The number of benzene rings is 4. The highest BCUT2D eigenvalue weighted by molar-refractivity contribution is 7.49. The van der Waals surface area contributed by atoms with Gasteiger partial charge in [0.25, 0.3) is 0 Å². The van der Waals surface area contributed by atoms with Gasteiger partial charge in [-0.05, 0) is 55.5 Å². The quantitative estimate of drug-likeness (QED) is 0.306. The van der Waals surface area contributed by atoms with Crippen LogP contribution in [0.3, 0.4) is 0 Å². The van der Waals surface area contributed by atoms with E-state index in [2.05, 4.69) is 0 Å². The Morgan fingerprint density at radius 1 is 0.633 bits per heavy atom. The Labute approximate surface area is 176 Å². The SMILES string of the molecule is Cc1ccc(OP(=O)(Oc2c(C)cccc2C)Oc2cccc3ccccc23)cc1. The third-order valence-corrected chi connectivity index (χ3v) is 6.07. The van der Waals surface area contributed by atoms with Crippen molar-refractivity contribution in [2.45, 2.75) is 20.8 Å². The van der Waals surface area contributed by atoms with Crippen LogP contribution in [0.2, 0.25) is 0 Å². The number of phosphoric ester groups is 1. The van der Waals surface area contributed by atoms with E-state index in [0.29, 0.717) is 17.2 Å². The lowest BCUT2D eigenvalue weighted by Crippen LogP contribution is -2.09. The van der Waals surface area contributed by atoms with Crippen LogP contribution in [0, 0.1) is 20.8 Å². The molecule has 0 heterocycles. The van der Waals surface area contributed by atoms with Crippen LogP contribution in [0.1, 0.15) is 16.7 Å². The first-order valence-corrected chi connectivity index (χ1v) is 11.2. The van der Waals surface area contributed by atoms with Crippen molar-refractivity contribution < 1.29 is 18.1 Å². The molecule has 0 aromatic heterocycles. The smallest absolute Gasteiger partial charge is 0.386 e. The molecule has 30 heavy (non-hydrogen) atoms. The second kappa shape index (κ2) is 8.25. The molecule has 0 N–H and O–H groups in total. The number of rotatable bonds is 6. The van der Waals surface area contributed by atoms with Crippen molar-refractivity contribution >= 4 is 18.6 Å². The van der Waals surface area contributed by atoms with Gasteiger partial charge in [-0.25, -0.2) is 0 Å². The largest absolute Gasteiger partial charge is 0.647 e. The van der Waals surface area contributed by atoms with Gasteiger partial charge in [0.15, 0.2) is 0 Å². The number of aryl methyl sites for hydroxylation is 3. The molecule has 4 aromatic carbocycles. The van der Waals surface area contributed by atoms with E-state index in [-0.39, 0.29) is 0 Å². The van der Waals surface area contributed by atoms with Gasteiger partial charge in [-0.3, -0.25) is 0 Å². The van der Waals surface area contributed by atoms with Crippen molar-refractivity contribution in [2.75, 3.05) is 0 Å². The van der Waals surface area contributed by atoms with Crippen molar-refractivity contribution in [3.05, 3.63) is 102 Å². The fraction of sp³-hybridized carbons (Fsp3) is 0.120. The molecular formula is C25H23O4P. The first-order valence-electron chi connectivity index (χ1n) is 9.73. The summed E-state index contributed by atoms with van der Waals surface area (Å²) in [5, 5.41) is 1.81. The van der Waals surface area contributed by atoms with Crippen LogP contribution in [0.25, 0.3) is 10.8 Å². The third-order valence-electron chi connectivity index (χ3n) is 4.81. The van der Waals surface area contributed by atoms with Crippen LogP contribution in [0.4, 0.5) is 0 Å². The minimum absolute atomic E-state index is 0.412. The molecular weight excluding hydrogens is 395 g/mol. The summed E-state index contributed by atoms with van der Waals surface area (Å²) in [7, 11) is -4.06. The van der Waals surface area contributed by atoms with Gasteiger partial charge in [-0.15, -0.1) is 0 Å². The standard InChI is InChI=1S/C25H23O4P/c1-18-14-16-22(17-15-18)27-30(26,29-25-19(2)8-6-9-20(25)3)28-24-13-7-11-21-10-4-5-12-23(21)24/h4-17H,1-3H3. The van der Waals surface area contributed by atoms with E-state index in [1.54, 1.807) is 18.2 Å². The van der Waals surface area contributed by atoms with Gasteiger partial charge in [0.05, 0.1) is 0 Å². The van der Waals surface area contributed by atoms with E-state index < -0.39 is 7.82 Å². The lowest BCUT2D eigenvalue weighted by atomic mass is 10.1. The van der Waals surface area contributed by atoms with Gasteiger partial charge >= 0.3 is 7.82 Å². The Morgan fingerprint density at radius 3 is 2.00 bits per heavy atom. The summed E-state index contributed by atoms with van der Waals surface area (Å²) in [6.07, 6.45) is 0. The molecule has 1 atom stereocenters. The minimum atomic E-state index is -4.06. The topological polar surface area (TPSA) is 44.8 Å². The summed E-state index contributed by atoms with van der Waals surface area (Å²) >= 11 is 0. The normalized spacial score (nSPS) is 12.9. The number of hydrogen-bond donors (Lipinski definition) is 0. The van der Waals surface area contributed by atoms with Gasteiger partial charge in [-0.2, -0.15) is 4.57 Å². The minimum Gasteiger partial charge on any atom is -0.386 e. The van der Waals surface area contributed by atoms with Crippen molar-refractivity contribution in [2.24, 2.45) is 0 Å². The first-order chi connectivity index (χ1) is 14.4. The molecule has 0 amide bonds. The molecule has 0 aliphatic carbocycles. The van der Waals surface area contributed by atoms with Crippen LogP contribution < -0.4 is 13.6 Å². The number of hydrogen-bond acceptors (Lipinski definition) is 4. The molecule has 0 spiro atoms. The van der Waals surface area contributed by atoms with Gasteiger partial charge in [0.2, 0.25) is 0 Å². The molecule has 5 heteroatoms. The lowest BCUT2D eigenvalue weighted by Gasteiger charge is -2.22. The second-order valence-electron chi connectivity index (χ2n) is 7.23. The highest BCUT2D eigenvalue weighted by Gasteiger charge is 2.34. The summed E-state index contributed by atoms with van der Waals surface area (Å²) in [4.78, 5) is 0. The Bertz CT molecular complexity index is 1210. The van der Waals surface area contributed by atoms with Crippen LogP contribution in [0.5, 0.6) is 17.2 Å². The molecule has 0 radical (unpaired) electrons. The Morgan fingerprint density at radius 2 is 1.27 bits per heavy atom. The molecule has 0 aliphatic heterocycles. The van der Waals surface area contributed by atoms with Gasteiger partial charge < -0.3 is 13.6 Å². The third kappa shape index (κ3) is 4.34. The van der Waals surface area contributed by atoms with Crippen molar-refractivity contribution in [3.63, 3.8) is 0 Å². The molecule has 1 unspecified atom stereocenters. The Balaban J connectivity index is 1.76. The summed E-state index contributed by atoms with van der Waals surface area (Å²) in [6.45, 7) is 5.77. The van der Waals surface area contributed by atoms with Gasteiger partial charge in [-0.1, -0.05) is 72.3 Å². The maximum absolute atomic E-state index is 13.9. The summed E-state index contributed by atoms with van der Waals surface area (Å²) in [5.74, 6) is 1.35. The average molecular weight is 418 g/mol. The molecule has 0 fully saturated rings. The lowest BCUT2D eigenvalue weighted by molar-refractivity contribution is 0.298. The fourth-order valence-corrected chi connectivity index (χ4v) is 4.64. The van der Waals surface area contributed by atoms with Gasteiger partial charge in [0, 0.05) is 5.39 Å². The highest BCUT2D eigenvalue weighted by Crippen LogP contribution is 2.52. The molecule has 0 saturated carbocycles. The average Bonchev–Trinajstić information content (AvgIpc) is 2.73. The van der Waals surface area contributed by atoms with Gasteiger partial charge in [0.1, 0.15) is 17.2 Å². The second-order valence-corrected chi connectivity index (χ2v) is 8.67. The zero-order chi connectivity index (χ0) is 21.1. The van der Waals surface area contributed by atoms with Crippen molar-refractivity contribution in [1.29, 1.82) is 0 Å². The molecule has 0 aliphatic rings. The van der Waals surface area contributed by atoms with E-state index in [4.69, 9.17) is 13.6 Å². The van der Waals surface area contributed by atoms with E-state index in [9.17, 15) is 4.57 Å². The maximum Gasteiger partial charge on any atom is 0.647 e. The number of para-hydroxylation sites is 1. The molecule has 4 rings (SSSR count). The van der Waals surface area contributed by atoms with Crippen molar-refractivity contribution in [3.8, 4) is 17.2 Å². The van der Waals surface area contributed by atoms with E-state index in [1.807, 2.05) is 87.5 Å². The fourth-order valence-electron chi connectivity index (χ4n) is 3.23. The first kappa shape index (κ1) is 20.1. The molecule has 4 nitrogen and oxygen atoms in total. The predicted octanol–water partition coefficient (Wildman–Crippen LogP) is 7.41. The monoisotopic (exact) mass is 418 g/mol. The zero-order valence-electron chi connectivity index (χ0n) is 17.2. The van der Waals surface area contributed by atoms with E-state index >= 15 is 0 Å². The van der Waals surface area contributed by atoms with Crippen LogP contribution in [-0.4, -0.2) is 0 Å². The van der Waals surface area contributed by atoms with E-state index in [0.717, 1.165) is 27.5 Å².